The van der Waals surface area contributed by atoms with Crippen molar-refractivity contribution < 1.29 is 19.1 Å². The van der Waals surface area contributed by atoms with E-state index in [0.717, 1.165) is 5.56 Å². The van der Waals surface area contributed by atoms with Gasteiger partial charge in [-0.3, -0.25) is 14.5 Å². The van der Waals surface area contributed by atoms with Gasteiger partial charge in [-0.25, -0.2) is 0 Å². The third kappa shape index (κ3) is 5.63. The van der Waals surface area contributed by atoms with E-state index in [1.54, 1.807) is 48.6 Å². The molecule has 0 aliphatic carbocycles. The van der Waals surface area contributed by atoms with Crippen molar-refractivity contribution in [1.29, 1.82) is 0 Å². The zero-order valence-corrected chi connectivity index (χ0v) is 20.0. The fraction of sp³-hybridized carbons (Fsp3) is 0.136. The predicted molar refractivity (Wildman–Crippen MR) is 134 cm³/mol. The highest BCUT2D eigenvalue weighted by Gasteiger charge is 2.31. The van der Waals surface area contributed by atoms with Gasteiger partial charge in [-0.2, -0.15) is 0 Å². The van der Waals surface area contributed by atoms with Crippen LogP contribution >= 0.6 is 47.2 Å². The van der Waals surface area contributed by atoms with E-state index in [1.807, 2.05) is 0 Å². The number of rotatable bonds is 8. The number of amides is 2. The average molecular weight is 509 g/mol. The van der Waals surface area contributed by atoms with Crippen LogP contribution in [0.25, 0.3) is 6.08 Å². The number of halogens is 2. The van der Waals surface area contributed by atoms with Crippen molar-refractivity contribution in [2.45, 2.75) is 0 Å². The normalized spacial score (nSPS) is 14.6. The Hall–Kier alpha value is -2.52. The zero-order valence-electron chi connectivity index (χ0n) is 16.9. The van der Waals surface area contributed by atoms with Crippen molar-refractivity contribution in [2.24, 2.45) is 0 Å². The van der Waals surface area contributed by atoms with Gasteiger partial charge in [0.25, 0.3) is 11.8 Å². The van der Waals surface area contributed by atoms with E-state index in [4.69, 9.17) is 44.9 Å². The zero-order chi connectivity index (χ0) is 23.3. The first-order chi connectivity index (χ1) is 15.3. The van der Waals surface area contributed by atoms with Crippen LogP contribution in [-0.2, 0) is 9.59 Å². The fourth-order valence-electron chi connectivity index (χ4n) is 2.76. The predicted octanol–water partition coefficient (Wildman–Crippen LogP) is 5.41. The summed E-state index contributed by atoms with van der Waals surface area (Å²) in [7, 11) is 1.49. The molecule has 10 heteroatoms. The molecular weight excluding hydrogens is 491 g/mol. The first-order valence-electron chi connectivity index (χ1n) is 9.25. The van der Waals surface area contributed by atoms with Crippen LogP contribution in [0.4, 0.5) is 5.69 Å². The maximum atomic E-state index is 12.5. The number of nitrogens with one attached hydrogen (secondary N) is 1. The Morgan fingerprint density at radius 1 is 1.28 bits per heavy atom. The minimum atomic E-state index is -0.411. The van der Waals surface area contributed by atoms with E-state index in [1.165, 1.54) is 23.8 Å². The molecule has 0 bridgehead atoms. The van der Waals surface area contributed by atoms with Gasteiger partial charge in [0.1, 0.15) is 4.32 Å². The number of thioether (sulfide) groups is 1. The number of hydrogen-bond acceptors (Lipinski definition) is 6. The SMILES string of the molecule is C=CCN1C(=O)/C(=C/c2ccc(OCC(=O)Nc3cccc(Cl)c3Cl)c(OC)c2)SC1=S. The van der Waals surface area contributed by atoms with Crippen LogP contribution in [0.15, 0.2) is 54.0 Å². The summed E-state index contributed by atoms with van der Waals surface area (Å²) in [6.45, 7) is 3.74. The third-order valence-electron chi connectivity index (χ3n) is 4.26. The van der Waals surface area contributed by atoms with Gasteiger partial charge in [-0.1, -0.05) is 65.4 Å². The Bertz CT molecular complexity index is 1120. The molecule has 0 aromatic heterocycles. The van der Waals surface area contributed by atoms with Crippen molar-refractivity contribution in [3.63, 3.8) is 0 Å². The van der Waals surface area contributed by atoms with E-state index >= 15 is 0 Å². The average Bonchev–Trinajstić information content (AvgIpc) is 3.03. The summed E-state index contributed by atoms with van der Waals surface area (Å²) >= 11 is 18.5. The Morgan fingerprint density at radius 3 is 2.78 bits per heavy atom. The van der Waals surface area contributed by atoms with Gasteiger partial charge in [-0.05, 0) is 35.9 Å². The first kappa shape index (κ1) is 24.1. The minimum absolute atomic E-state index is 0.171. The van der Waals surface area contributed by atoms with E-state index in [0.29, 0.717) is 38.0 Å². The van der Waals surface area contributed by atoms with Crippen molar-refractivity contribution in [3.8, 4) is 11.5 Å². The number of anilines is 1. The van der Waals surface area contributed by atoms with Crippen LogP contribution in [0.1, 0.15) is 5.56 Å². The lowest BCUT2D eigenvalue weighted by Crippen LogP contribution is -2.27. The molecule has 0 atom stereocenters. The molecule has 0 spiro atoms. The van der Waals surface area contributed by atoms with Gasteiger partial charge in [-0.15, -0.1) is 6.58 Å². The molecule has 0 saturated carbocycles. The minimum Gasteiger partial charge on any atom is -0.493 e. The van der Waals surface area contributed by atoms with Crippen LogP contribution in [0.2, 0.25) is 10.0 Å². The second kappa shape index (κ2) is 10.9. The maximum Gasteiger partial charge on any atom is 0.266 e. The third-order valence-corrected chi connectivity index (χ3v) is 6.45. The molecule has 0 radical (unpaired) electrons. The molecule has 0 unspecified atom stereocenters. The molecule has 2 amide bonds. The molecule has 1 saturated heterocycles. The number of thiocarbonyl (C=S) groups is 1. The summed E-state index contributed by atoms with van der Waals surface area (Å²) < 4.78 is 11.5. The number of methoxy groups -OCH3 is 1. The van der Waals surface area contributed by atoms with Gasteiger partial charge in [0.2, 0.25) is 0 Å². The van der Waals surface area contributed by atoms with Crippen molar-refractivity contribution in [3.05, 3.63) is 69.6 Å². The first-order valence-corrected chi connectivity index (χ1v) is 11.2. The summed E-state index contributed by atoms with van der Waals surface area (Å²) in [5, 5.41) is 3.24. The van der Waals surface area contributed by atoms with Crippen LogP contribution in [0.3, 0.4) is 0 Å². The number of carbonyl (C=O) groups excluding carboxylic acids is 2. The van der Waals surface area contributed by atoms with E-state index in [2.05, 4.69) is 11.9 Å². The Kier molecular flexibility index (Phi) is 8.20. The van der Waals surface area contributed by atoms with Gasteiger partial charge < -0.3 is 14.8 Å². The highest BCUT2D eigenvalue weighted by atomic mass is 35.5. The lowest BCUT2D eigenvalue weighted by atomic mass is 10.2. The highest BCUT2D eigenvalue weighted by molar-refractivity contribution is 8.26. The molecule has 1 N–H and O–H groups in total. The molecule has 1 heterocycles. The van der Waals surface area contributed by atoms with Gasteiger partial charge >= 0.3 is 0 Å². The number of nitrogens with zero attached hydrogens (tertiary/aromatic N) is 1. The molecule has 32 heavy (non-hydrogen) atoms. The molecule has 1 aliphatic heterocycles. The molecule has 3 rings (SSSR count). The standard InChI is InChI=1S/C22H18Cl2N2O4S2/c1-3-9-26-21(28)18(32-22(26)31)11-13-7-8-16(17(10-13)29-2)30-12-19(27)25-15-6-4-5-14(23)20(15)24/h3-8,10-11H,1,9,12H2,2H3,(H,25,27)/b18-11-. The number of carbonyl (C=O) groups is 2. The molecule has 6 nitrogen and oxygen atoms in total. The van der Waals surface area contributed by atoms with Crippen LogP contribution in [-0.4, -0.2) is 41.3 Å². The summed E-state index contributed by atoms with van der Waals surface area (Å²) in [6, 6.07) is 10.1. The van der Waals surface area contributed by atoms with E-state index in [9.17, 15) is 9.59 Å². The topological polar surface area (TPSA) is 67.9 Å². The maximum absolute atomic E-state index is 12.5. The second-order valence-electron chi connectivity index (χ2n) is 6.43. The molecule has 166 valence electrons. The Morgan fingerprint density at radius 2 is 2.06 bits per heavy atom. The highest BCUT2D eigenvalue weighted by Crippen LogP contribution is 2.35. The Balaban J connectivity index is 1.68. The van der Waals surface area contributed by atoms with Crippen LogP contribution in [0.5, 0.6) is 11.5 Å². The molecule has 2 aromatic rings. The lowest BCUT2D eigenvalue weighted by molar-refractivity contribution is -0.121. The lowest BCUT2D eigenvalue weighted by Gasteiger charge is -2.12. The molecule has 1 fully saturated rings. The van der Waals surface area contributed by atoms with Crippen LogP contribution in [0, 0.1) is 0 Å². The molecular formula is C22H18Cl2N2O4S2. The quantitative estimate of drug-likeness (QED) is 0.292. The van der Waals surface area contributed by atoms with E-state index < -0.39 is 5.91 Å². The summed E-state index contributed by atoms with van der Waals surface area (Å²) in [4.78, 5) is 26.7. The van der Waals surface area contributed by atoms with Crippen molar-refractivity contribution in [1.82, 2.24) is 4.90 Å². The number of ether oxygens (including phenoxy) is 2. The summed E-state index contributed by atoms with van der Waals surface area (Å²) in [5.74, 6) is 0.201. The summed E-state index contributed by atoms with van der Waals surface area (Å²) in [5.41, 5.74) is 1.12. The van der Waals surface area contributed by atoms with Gasteiger partial charge in [0.05, 0.1) is 27.7 Å². The van der Waals surface area contributed by atoms with E-state index in [-0.39, 0.29) is 17.5 Å². The Labute approximate surface area is 205 Å². The van der Waals surface area contributed by atoms with Gasteiger partial charge in [0, 0.05) is 6.54 Å². The van der Waals surface area contributed by atoms with Crippen molar-refractivity contribution in [2.75, 3.05) is 25.6 Å². The molecule has 2 aromatic carbocycles. The monoisotopic (exact) mass is 508 g/mol. The largest absolute Gasteiger partial charge is 0.493 e. The number of benzene rings is 2. The number of hydrogen-bond donors (Lipinski definition) is 1. The smallest absolute Gasteiger partial charge is 0.266 e. The second-order valence-corrected chi connectivity index (χ2v) is 8.89. The van der Waals surface area contributed by atoms with Crippen LogP contribution < -0.4 is 14.8 Å². The molecule has 1 aliphatic rings. The fourth-order valence-corrected chi connectivity index (χ4v) is 4.38. The summed E-state index contributed by atoms with van der Waals surface area (Å²) in [6.07, 6.45) is 3.35. The van der Waals surface area contributed by atoms with Crippen molar-refractivity contribution >= 4 is 75.1 Å². The van der Waals surface area contributed by atoms with Gasteiger partial charge in [0.15, 0.2) is 18.1 Å².